The van der Waals surface area contributed by atoms with Gasteiger partial charge in [-0.3, -0.25) is 0 Å². The molecule has 0 aliphatic carbocycles. The molecule has 239 valence electrons. The third-order valence-corrected chi connectivity index (χ3v) is 12.4. The maximum absolute atomic E-state index is 8.02. The van der Waals surface area contributed by atoms with Gasteiger partial charge in [0.25, 0.3) is 0 Å². The van der Waals surface area contributed by atoms with Crippen molar-refractivity contribution in [1.82, 2.24) is 9.97 Å². The van der Waals surface area contributed by atoms with Gasteiger partial charge < -0.3 is 9.40 Å². The monoisotopic (exact) mass is 864 g/mol. The number of aromatic nitrogens is 2. The Morgan fingerprint density at radius 1 is 0.745 bits per heavy atom. The van der Waals surface area contributed by atoms with Crippen LogP contribution in [0.5, 0.6) is 0 Å². The molecule has 3 aromatic heterocycles. The van der Waals surface area contributed by atoms with E-state index in [0.29, 0.717) is 16.7 Å². The summed E-state index contributed by atoms with van der Waals surface area (Å²) in [7, 11) is 0. The Labute approximate surface area is 307 Å². The van der Waals surface area contributed by atoms with Gasteiger partial charge in [-0.15, -0.1) is 18.2 Å². The van der Waals surface area contributed by atoms with Gasteiger partial charge in [0.2, 0.25) is 0 Å². The van der Waals surface area contributed by atoms with Crippen molar-refractivity contribution < 1.29 is 36.9 Å². The van der Waals surface area contributed by atoms with Crippen molar-refractivity contribution in [2.24, 2.45) is 0 Å². The zero-order valence-corrected chi connectivity index (χ0v) is 31.1. The summed E-state index contributed by atoms with van der Waals surface area (Å²) in [5.41, 5.74) is 3.48. The average Bonchev–Trinajstić information content (AvgIpc) is 3.49. The Hall–Kier alpha value is -3.83. The van der Waals surface area contributed by atoms with E-state index in [1.165, 1.54) is 22.2 Å². The number of hydrogen-bond acceptors (Lipinski definition) is 3. The van der Waals surface area contributed by atoms with E-state index in [9.17, 15) is 0 Å². The molecule has 0 spiro atoms. The number of furan rings is 1. The van der Waals surface area contributed by atoms with Gasteiger partial charge in [0.1, 0.15) is 5.58 Å². The number of fused-ring (bicyclic) bond motifs is 3. The predicted molar refractivity (Wildman–Crippen MR) is 196 cm³/mol. The fourth-order valence-corrected chi connectivity index (χ4v) is 9.17. The van der Waals surface area contributed by atoms with Gasteiger partial charge in [0.15, 0.2) is 0 Å². The zero-order valence-electron chi connectivity index (χ0n) is 35.6. The van der Waals surface area contributed by atoms with Gasteiger partial charge in [-0.25, -0.2) is 0 Å². The van der Waals surface area contributed by atoms with Crippen molar-refractivity contribution in [2.45, 2.75) is 50.2 Å². The summed E-state index contributed by atoms with van der Waals surface area (Å²) in [6, 6.07) is 38.0. The van der Waals surface area contributed by atoms with Gasteiger partial charge in [-0.05, 0) is 39.9 Å². The summed E-state index contributed by atoms with van der Waals surface area (Å²) in [4.78, 5) is 8.90. The van der Waals surface area contributed by atoms with Gasteiger partial charge >= 0.3 is 106 Å². The number of pyridine rings is 2. The Bertz CT molecular complexity index is 2420. The quantitative estimate of drug-likeness (QED) is 0.131. The molecule has 0 bridgehead atoms. The molecule has 0 fully saturated rings. The molecule has 0 unspecified atom stereocenters. The topological polar surface area (TPSA) is 38.9 Å². The molecule has 7 rings (SSSR count). The number of rotatable bonds is 4. The van der Waals surface area contributed by atoms with Crippen LogP contribution in [0.2, 0.25) is 17.3 Å². The van der Waals surface area contributed by atoms with Crippen LogP contribution >= 0.6 is 0 Å². The molecular weight excluding hydrogens is 813 g/mol. The smallest absolute Gasteiger partial charge is 0.121 e. The molecule has 3 heterocycles. The van der Waals surface area contributed by atoms with E-state index in [4.69, 9.17) is 16.8 Å². The summed E-state index contributed by atoms with van der Waals surface area (Å²) in [5, 5.41) is 1.60. The first-order valence-corrected chi connectivity index (χ1v) is 22.4. The predicted octanol–water partition coefficient (Wildman–Crippen LogP) is 10.8. The summed E-state index contributed by atoms with van der Waals surface area (Å²) in [6.07, 6.45) is 3.29. The molecule has 7 aromatic rings. The Balaban J connectivity index is 0.000000279. The normalized spacial score (nSPS) is 15.2. The third kappa shape index (κ3) is 7.67. The molecule has 0 aliphatic heterocycles. The fraction of sp³-hybridized carbons (Fsp3) is 0.190. The number of hydrogen-bond donors (Lipinski definition) is 0. The molecule has 0 aliphatic rings. The van der Waals surface area contributed by atoms with Crippen LogP contribution in [0.4, 0.5) is 0 Å². The van der Waals surface area contributed by atoms with Crippen molar-refractivity contribution >= 4 is 39.6 Å². The minimum absolute atomic E-state index is 0. The van der Waals surface area contributed by atoms with E-state index in [2.05, 4.69) is 64.6 Å². The summed E-state index contributed by atoms with van der Waals surface area (Å²) in [5.74, 6) is 7.20. The Morgan fingerprint density at radius 2 is 1.53 bits per heavy atom. The number of benzene rings is 4. The van der Waals surface area contributed by atoms with Gasteiger partial charge in [0, 0.05) is 44.0 Å². The molecule has 1 radical (unpaired) electrons. The largest absolute Gasteiger partial charge is 0.501 e. The first kappa shape index (κ1) is 24.3. The molecule has 0 amide bonds. The Morgan fingerprint density at radius 3 is 2.23 bits per heavy atom. The van der Waals surface area contributed by atoms with Crippen molar-refractivity contribution in [1.29, 1.82) is 0 Å². The van der Waals surface area contributed by atoms with Crippen LogP contribution in [0.3, 0.4) is 0 Å². The molecule has 0 atom stereocenters. The van der Waals surface area contributed by atoms with Crippen LogP contribution in [-0.4, -0.2) is 23.2 Å². The average molecular weight is 863 g/mol. The molecule has 3 nitrogen and oxygen atoms in total. The van der Waals surface area contributed by atoms with E-state index in [-0.39, 0.29) is 31.4 Å². The summed E-state index contributed by atoms with van der Waals surface area (Å²) >= 11 is -1.77. The molecule has 0 saturated heterocycles. The minimum Gasteiger partial charge on any atom is -0.501 e. The van der Waals surface area contributed by atoms with Crippen LogP contribution in [-0.2, 0) is 25.5 Å². The molecule has 5 heteroatoms. The van der Waals surface area contributed by atoms with Gasteiger partial charge in [0.05, 0.1) is 5.58 Å². The molecule has 4 aromatic carbocycles. The van der Waals surface area contributed by atoms with Crippen LogP contribution in [0, 0.1) is 19.1 Å². The van der Waals surface area contributed by atoms with Crippen LogP contribution < -0.4 is 4.40 Å². The van der Waals surface area contributed by atoms with E-state index >= 15 is 0 Å². The van der Waals surface area contributed by atoms with Crippen LogP contribution in [0.15, 0.2) is 120 Å². The Kier molecular flexibility index (Phi) is 7.31. The zero-order chi connectivity index (χ0) is 40.0. The van der Waals surface area contributed by atoms with Crippen molar-refractivity contribution in [3.8, 4) is 33.6 Å². The third-order valence-electron chi connectivity index (χ3n) is 7.89. The molecule has 0 saturated carbocycles. The standard InChI is InChI=1S/C27H22NO.C15H18GeN.Ir/c1-27(2,3)20-14-15-28-24(17-20)23-11-7-10-22-21-13-12-19(16-25(21)29-26(22)23)18-8-5-4-6-9-18;1-12-10-15(13-8-6-5-7-9-13)17-11-14(12)16(2,3)4;/h4-10,12-17H,1-3H3;5-8,10-11H,1-4H3;/q2*-1;/i1D3,2D3,3D3;;. The van der Waals surface area contributed by atoms with Crippen LogP contribution in [0.25, 0.3) is 55.6 Å². The van der Waals surface area contributed by atoms with E-state index in [1.54, 1.807) is 6.07 Å². The van der Waals surface area contributed by atoms with Gasteiger partial charge in [-0.2, -0.15) is 0 Å². The molecule has 47 heavy (non-hydrogen) atoms. The van der Waals surface area contributed by atoms with Gasteiger partial charge in [-0.1, -0.05) is 80.0 Å². The summed E-state index contributed by atoms with van der Waals surface area (Å²) < 4.78 is 79.9. The van der Waals surface area contributed by atoms with E-state index in [0.717, 1.165) is 39.2 Å². The number of aryl methyl sites for hydroxylation is 1. The van der Waals surface area contributed by atoms with Crippen molar-refractivity contribution in [3.63, 3.8) is 0 Å². The fourth-order valence-electron chi connectivity index (χ4n) is 5.58. The SMILES string of the molecule is Cc1cc(-c2[c-]cccc2)nc[c]1[Ge]([CH3])([CH3])[CH3].[2H]C([2H])([2H])C(c1ccnc(-c2[c-]ccc3c2oc2cc(-c4ccccc4)ccc23)c1)(C([2H])([2H])[2H])C([2H])([2H])[2H].[Ir]. The summed E-state index contributed by atoms with van der Waals surface area (Å²) in [6.45, 7) is -7.92. The molecular formula is C42H40GeIrN2O-2. The van der Waals surface area contributed by atoms with E-state index < -0.39 is 39.2 Å². The minimum atomic E-state index is -3.37. The van der Waals surface area contributed by atoms with Crippen molar-refractivity contribution in [3.05, 3.63) is 139 Å². The van der Waals surface area contributed by atoms with Crippen LogP contribution in [0.1, 0.15) is 44.0 Å². The number of nitrogens with zero attached hydrogens (tertiary/aromatic N) is 2. The molecule has 0 N–H and O–H groups in total. The maximum atomic E-state index is 8.02. The second-order valence-electron chi connectivity index (χ2n) is 12.4. The van der Waals surface area contributed by atoms with Crippen molar-refractivity contribution in [2.75, 3.05) is 0 Å². The van der Waals surface area contributed by atoms with E-state index in [1.807, 2.05) is 72.8 Å². The first-order chi connectivity index (χ1) is 25.7. The second kappa shape index (κ2) is 14.1. The second-order valence-corrected chi connectivity index (χ2v) is 22.9. The first-order valence-electron chi connectivity index (χ1n) is 19.6. The maximum Gasteiger partial charge on any atom is 0.121 e.